The van der Waals surface area contributed by atoms with Gasteiger partial charge in [-0.25, -0.2) is 0 Å². The van der Waals surface area contributed by atoms with Crippen LogP contribution in [0.5, 0.6) is 17.2 Å². The molecule has 1 aliphatic carbocycles. The molecule has 0 N–H and O–H groups in total. The second-order valence-corrected chi connectivity index (χ2v) is 6.76. The van der Waals surface area contributed by atoms with E-state index in [0.29, 0.717) is 33.8 Å². The first kappa shape index (κ1) is 19.5. The second-order valence-electron chi connectivity index (χ2n) is 6.76. The summed E-state index contributed by atoms with van der Waals surface area (Å²) in [6, 6.07) is 14.4. The van der Waals surface area contributed by atoms with Gasteiger partial charge >= 0.3 is 5.97 Å². The van der Waals surface area contributed by atoms with Gasteiger partial charge in [0.1, 0.15) is 17.2 Å². The summed E-state index contributed by atoms with van der Waals surface area (Å²) in [4.78, 5) is 25.8. The molecule has 0 aliphatic heterocycles. The minimum Gasteiger partial charge on any atom is -0.497 e. The van der Waals surface area contributed by atoms with Crippen molar-refractivity contribution in [3.8, 4) is 17.2 Å². The summed E-state index contributed by atoms with van der Waals surface area (Å²) in [6.45, 7) is 0. The molecule has 0 radical (unpaired) electrons. The molecule has 0 spiro atoms. The summed E-state index contributed by atoms with van der Waals surface area (Å²) < 4.78 is 21.5. The number of ketones is 1. The zero-order valence-electron chi connectivity index (χ0n) is 16.9. The summed E-state index contributed by atoms with van der Waals surface area (Å²) in [7, 11) is 4.61. The van der Waals surface area contributed by atoms with Crippen molar-refractivity contribution in [1.29, 1.82) is 0 Å². The Labute approximate surface area is 173 Å². The Bertz CT molecular complexity index is 1190. The van der Waals surface area contributed by atoms with E-state index < -0.39 is 11.8 Å². The van der Waals surface area contributed by atoms with Crippen LogP contribution in [0, 0.1) is 0 Å². The van der Waals surface area contributed by atoms with Gasteiger partial charge in [0.2, 0.25) is 5.78 Å². The van der Waals surface area contributed by atoms with Crippen LogP contribution in [0.15, 0.2) is 54.3 Å². The van der Waals surface area contributed by atoms with E-state index in [4.69, 9.17) is 18.9 Å². The Balaban J connectivity index is 1.72. The number of hydrogen-bond acceptors (Lipinski definition) is 6. The summed E-state index contributed by atoms with van der Waals surface area (Å²) in [5, 5.41) is 1.58. The van der Waals surface area contributed by atoms with E-state index >= 15 is 0 Å². The third-order valence-electron chi connectivity index (χ3n) is 5.02. The SMILES string of the molecule is COc1cccc(CC(=O)OC2=Cc3c(OC)ccc4ccc(OC)c(c34)C2=O)c1. The Hall–Kier alpha value is -3.80. The van der Waals surface area contributed by atoms with Crippen LogP contribution < -0.4 is 14.2 Å². The van der Waals surface area contributed by atoms with Crippen LogP contribution in [0.3, 0.4) is 0 Å². The number of hydrogen-bond donors (Lipinski definition) is 0. The van der Waals surface area contributed by atoms with Crippen molar-refractivity contribution in [2.24, 2.45) is 0 Å². The summed E-state index contributed by atoms with van der Waals surface area (Å²) in [5.41, 5.74) is 1.75. The van der Waals surface area contributed by atoms with E-state index in [1.165, 1.54) is 7.11 Å². The van der Waals surface area contributed by atoms with Gasteiger partial charge in [0.15, 0.2) is 5.76 Å². The average molecular weight is 404 g/mol. The van der Waals surface area contributed by atoms with E-state index in [9.17, 15) is 9.59 Å². The number of Topliss-reactive ketones (excluding diaryl/α,β-unsaturated/α-hetero) is 1. The van der Waals surface area contributed by atoms with Crippen LogP contribution in [0.1, 0.15) is 21.5 Å². The van der Waals surface area contributed by atoms with Gasteiger partial charge in [-0.3, -0.25) is 9.59 Å². The van der Waals surface area contributed by atoms with E-state index in [1.54, 1.807) is 50.6 Å². The summed E-state index contributed by atoms with van der Waals surface area (Å²) in [6.07, 6.45) is 1.56. The molecule has 0 amide bonds. The highest BCUT2D eigenvalue weighted by Gasteiger charge is 2.30. The fourth-order valence-electron chi connectivity index (χ4n) is 3.63. The Morgan fingerprint density at radius 3 is 2.33 bits per heavy atom. The van der Waals surface area contributed by atoms with Crippen LogP contribution in [-0.4, -0.2) is 33.1 Å². The maximum atomic E-state index is 13.2. The zero-order chi connectivity index (χ0) is 21.3. The lowest BCUT2D eigenvalue weighted by Gasteiger charge is -2.20. The molecule has 152 valence electrons. The summed E-state index contributed by atoms with van der Waals surface area (Å²) >= 11 is 0. The van der Waals surface area contributed by atoms with E-state index in [2.05, 4.69) is 0 Å². The number of carbonyl (C=O) groups is 2. The minimum absolute atomic E-state index is 0.00192. The number of methoxy groups -OCH3 is 3. The molecule has 1 aliphatic rings. The topological polar surface area (TPSA) is 71.1 Å². The summed E-state index contributed by atoms with van der Waals surface area (Å²) in [5.74, 6) is 0.612. The van der Waals surface area contributed by atoms with Crippen LogP contribution in [0.2, 0.25) is 0 Å². The van der Waals surface area contributed by atoms with E-state index in [0.717, 1.165) is 10.9 Å². The third-order valence-corrected chi connectivity index (χ3v) is 5.02. The van der Waals surface area contributed by atoms with Gasteiger partial charge in [-0.15, -0.1) is 0 Å². The van der Waals surface area contributed by atoms with Crippen molar-refractivity contribution in [2.75, 3.05) is 21.3 Å². The first-order valence-electron chi connectivity index (χ1n) is 9.33. The molecule has 0 atom stereocenters. The first-order valence-corrected chi connectivity index (χ1v) is 9.33. The highest BCUT2D eigenvalue weighted by Crippen LogP contribution is 2.41. The molecule has 6 heteroatoms. The highest BCUT2D eigenvalue weighted by atomic mass is 16.5. The normalized spacial score (nSPS) is 12.4. The Morgan fingerprint density at radius 1 is 0.900 bits per heavy atom. The molecule has 0 unspecified atom stereocenters. The maximum Gasteiger partial charge on any atom is 0.315 e. The van der Waals surface area contributed by atoms with Crippen molar-refractivity contribution < 1.29 is 28.5 Å². The molecule has 4 rings (SSSR count). The van der Waals surface area contributed by atoms with Gasteiger partial charge in [0.25, 0.3) is 0 Å². The fraction of sp³-hybridized carbons (Fsp3) is 0.167. The monoisotopic (exact) mass is 404 g/mol. The zero-order valence-corrected chi connectivity index (χ0v) is 16.9. The number of allylic oxidation sites excluding steroid dienone is 1. The molecule has 3 aromatic carbocycles. The van der Waals surface area contributed by atoms with Gasteiger partial charge in [-0.2, -0.15) is 0 Å². The van der Waals surface area contributed by atoms with Gasteiger partial charge in [0, 0.05) is 10.9 Å². The highest BCUT2D eigenvalue weighted by molar-refractivity contribution is 6.24. The number of ether oxygens (including phenoxy) is 4. The smallest absolute Gasteiger partial charge is 0.315 e. The van der Waals surface area contributed by atoms with Gasteiger partial charge in [-0.05, 0) is 41.3 Å². The Morgan fingerprint density at radius 2 is 1.63 bits per heavy atom. The quantitative estimate of drug-likeness (QED) is 0.574. The molecule has 0 bridgehead atoms. The largest absolute Gasteiger partial charge is 0.497 e. The van der Waals surface area contributed by atoms with Gasteiger partial charge in [0.05, 0.1) is 33.3 Å². The predicted octanol–water partition coefficient (Wildman–Crippen LogP) is 4.19. The first-order chi connectivity index (χ1) is 14.5. The van der Waals surface area contributed by atoms with E-state index in [1.807, 2.05) is 18.2 Å². The lowest BCUT2D eigenvalue weighted by atomic mass is 9.90. The van der Waals surface area contributed by atoms with Gasteiger partial charge in [-0.1, -0.05) is 24.3 Å². The predicted molar refractivity (Wildman–Crippen MR) is 112 cm³/mol. The molecule has 0 saturated carbocycles. The van der Waals surface area contributed by atoms with Crippen molar-refractivity contribution >= 4 is 28.6 Å². The maximum absolute atomic E-state index is 13.2. The minimum atomic E-state index is -0.549. The molecule has 30 heavy (non-hydrogen) atoms. The molecular formula is C24H20O6. The molecule has 3 aromatic rings. The number of rotatable bonds is 6. The fourth-order valence-corrected chi connectivity index (χ4v) is 3.63. The van der Waals surface area contributed by atoms with Gasteiger partial charge < -0.3 is 18.9 Å². The van der Waals surface area contributed by atoms with E-state index in [-0.39, 0.29) is 12.2 Å². The molecule has 0 saturated heterocycles. The molecule has 0 fully saturated rings. The van der Waals surface area contributed by atoms with Crippen molar-refractivity contribution in [3.63, 3.8) is 0 Å². The molecule has 0 heterocycles. The van der Waals surface area contributed by atoms with Crippen LogP contribution in [-0.2, 0) is 16.0 Å². The number of carbonyl (C=O) groups excluding carboxylic acids is 2. The Kier molecular flexibility index (Phi) is 5.14. The van der Waals surface area contributed by atoms with Crippen LogP contribution >= 0.6 is 0 Å². The number of benzene rings is 3. The second kappa shape index (κ2) is 7.91. The number of esters is 1. The molecular weight excluding hydrogens is 384 g/mol. The van der Waals surface area contributed by atoms with Crippen molar-refractivity contribution in [2.45, 2.75) is 6.42 Å². The standard InChI is InChI=1S/C24H20O6/c1-27-16-6-4-5-14(11-16)12-21(25)30-20-13-17-18(28-2)9-7-15-8-10-19(29-3)23(22(15)17)24(20)26/h4-11,13H,12H2,1-3H3. The molecule has 0 aromatic heterocycles. The van der Waals surface area contributed by atoms with Crippen LogP contribution in [0.4, 0.5) is 0 Å². The lowest BCUT2D eigenvalue weighted by Crippen LogP contribution is -2.17. The van der Waals surface area contributed by atoms with Crippen molar-refractivity contribution in [3.05, 3.63) is 71.0 Å². The average Bonchev–Trinajstić information content (AvgIpc) is 2.76. The molecule has 6 nitrogen and oxygen atoms in total. The lowest BCUT2D eigenvalue weighted by molar-refractivity contribution is -0.138. The third kappa shape index (κ3) is 3.37. The van der Waals surface area contributed by atoms with Crippen LogP contribution in [0.25, 0.3) is 16.8 Å². The van der Waals surface area contributed by atoms with Crippen molar-refractivity contribution in [1.82, 2.24) is 0 Å².